The van der Waals surface area contributed by atoms with E-state index in [9.17, 15) is 14.4 Å². The maximum Gasteiger partial charge on any atom is 0.328 e. The first kappa shape index (κ1) is 32.1. The number of aromatic nitrogens is 2. The van der Waals surface area contributed by atoms with E-state index in [2.05, 4.69) is 36.9 Å². The Hall–Kier alpha value is -5.10. The van der Waals surface area contributed by atoms with Gasteiger partial charge >= 0.3 is 5.97 Å². The van der Waals surface area contributed by atoms with Gasteiger partial charge in [-0.3, -0.25) is 9.59 Å². The number of anilines is 1. The van der Waals surface area contributed by atoms with E-state index in [1.165, 1.54) is 7.11 Å². The van der Waals surface area contributed by atoms with Gasteiger partial charge in [-0.15, -0.1) is 0 Å². The number of halogens is 1. The molecule has 5 aromatic rings. The third-order valence-corrected chi connectivity index (χ3v) is 10.8. The number of nitrogens with zero attached hydrogens (tertiary/aromatic N) is 1. The number of carbonyl (C=O) groups is 3. The predicted molar refractivity (Wildman–Crippen MR) is 189 cm³/mol. The lowest BCUT2D eigenvalue weighted by atomic mass is 9.72. The number of methoxy groups -OCH3 is 1. The molecule has 1 spiro atoms. The van der Waals surface area contributed by atoms with E-state index in [1.807, 2.05) is 87.6 Å². The van der Waals surface area contributed by atoms with E-state index >= 15 is 0 Å². The Balaban J connectivity index is 1.32. The van der Waals surface area contributed by atoms with Crippen molar-refractivity contribution >= 4 is 50.3 Å². The molecule has 4 N–H and O–H groups in total. The first-order chi connectivity index (χ1) is 24.1. The number of ether oxygens (including phenoxy) is 2. The Morgan fingerprint density at radius 1 is 1.10 bits per heavy atom. The van der Waals surface area contributed by atoms with Crippen LogP contribution in [0.2, 0.25) is 0 Å². The van der Waals surface area contributed by atoms with E-state index in [1.54, 1.807) is 0 Å². The van der Waals surface area contributed by atoms with E-state index in [0.29, 0.717) is 12.2 Å². The van der Waals surface area contributed by atoms with Gasteiger partial charge in [0.2, 0.25) is 11.8 Å². The minimum absolute atomic E-state index is 0.0125. The molecule has 12 heteroatoms. The molecule has 4 bridgehead atoms. The number of amides is 2. The van der Waals surface area contributed by atoms with Crippen molar-refractivity contribution in [2.24, 2.45) is 11.8 Å². The quantitative estimate of drug-likeness (QED) is 0.157. The van der Waals surface area contributed by atoms with Gasteiger partial charge < -0.3 is 34.8 Å². The molecule has 0 saturated carbocycles. The molecule has 5 heterocycles. The number of H-pyrrole nitrogens is 1. The number of para-hydroxylation sites is 2. The third kappa shape index (κ3) is 4.91. The average molecular weight is 739 g/mol. The second-order valence-corrected chi connectivity index (χ2v) is 14.5. The molecular formula is C38H36BrN5O6. The minimum atomic E-state index is -1.14. The van der Waals surface area contributed by atoms with Crippen LogP contribution in [-0.4, -0.2) is 47.1 Å². The van der Waals surface area contributed by atoms with Crippen molar-refractivity contribution in [2.45, 2.75) is 57.3 Å². The summed E-state index contributed by atoms with van der Waals surface area (Å²) < 4.78 is 19.4. The Labute approximate surface area is 296 Å². The van der Waals surface area contributed by atoms with Gasteiger partial charge in [0.1, 0.15) is 23.2 Å². The van der Waals surface area contributed by atoms with Crippen LogP contribution < -0.4 is 20.7 Å². The van der Waals surface area contributed by atoms with E-state index < -0.39 is 35.6 Å². The summed E-state index contributed by atoms with van der Waals surface area (Å²) in [4.78, 5) is 49.6. The minimum Gasteiger partial charge on any atom is -0.469 e. The number of hydrogen-bond acceptors (Lipinski definition) is 8. The Kier molecular flexibility index (Phi) is 7.74. The summed E-state index contributed by atoms with van der Waals surface area (Å²) >= 11 is 3.71. The van der Waals surface area contributed by atoms with E-state index in [4.69, 9.17) is 18.9 Å². The van der Waals surface area contributed by atoms with Crippen molar-refractivity contribution < 1.29 is 28.3 Å². The van der Waals surface area contributed by atoms with Crippen LogP contribution in [0.3, 0.4) is 0 Å². The Morgan fingerprint density at radius 2 is 1.92 bits per heavy atom. The van der Waals surface area contributed by atoms with Crippen LogP contribution in [0.5, 0.6) is 5.75 Å². The number of oxazole rings is 1. The van der Waals surface area contributed by atoms with Crippen LogP contribution in [0.15, 0.2) is 75.8 Å². The molecule has 11 nitrogen and oxygen atoms in total. The smallest absolute Gasteiger partial charge is 0.328 e. The normalized spacial score (nSPS) is 22.4. The number of rotatable bonds is 6. The lowest BCUT2D eigenvalue weighted by Gasteiger charge is -2.28. The zero-order chi connectivity index (χ0) is 34.9. The first-order valence-corrected chi connectivity index (χ1v) is 17.5. The number of fused-ring (bicyclic) bond motifs is 5. The molecular weight excluding hydrogens is 702 g/mol. The number of esters is 1. The van der Waals surface area contributed by atoms with Crippen molar-refractivity contribution in [1.29, 1.82) is 0 Å². The summed E-state index contributed by atoms with van der Waals surface area (Å²) in [5, 5.41) is 10.5. The highest BCUT2D eigenvalue weighted by molar-refractivity contribution is 9.10. The number of carbonyl (C=O) groups excluding carboxylic acids is 3. The molecule has 5 atom stereocenters. The van der Waals surface area contributed by atoms with Crippen molar-refractivity contribution in [3.8, 4) is 5.75 Å². The Bertz CT molecular complexity index is 2190. The van der Waals surface area contributed by atoms with Gasteiger partial charge in [-0.1, -0.05) is 63.2 Å². The molecule has 3 aromatic carbocycles. The molecule has 2 amide bonds. The largest absolute Gasteiger partial charge is 0.469 e. The number of benzene rings is 3. The van der Waals surface area contributed by atoms with Gasteiger partial charge in [0.15, 0.2) is 17.7 Å². The maximum atomic E-state index is 14.7. The van der Waals surface area contributed by atoms with Crippen LogP contribution in [0.4, 0.5) is 5.69 Å². The highest BCUT2D eigenvalue weighted by Crippen LogP contribution is 2.59. The van der Waals surface area contributed by atoms with Gasteiger partial charge in [0, 0.05) is 45.0 Å². The number of aromatic amines is 1. The van der Waals surface area contributed by atoms with Gasteiger partial charge in [-0.2, -0.15) is 0 Å². The van der Waals surface area contributed by atoms with Gasteiger partial charge in [0.05, 0.1) is 12.8 Å². The topological polar surface area (TPSA) is 148 Å². The first-order valence-electron chi connectivity index (χ1n) is 16.7. The number of nitrogens with one attached hydrogen (secondary N) is 4. The van der Waals surface area contributed by atoms with E-state index in [0.717, 1.165) is 43.3 Å². The van der Waals surface area contributed by atoms with Gasteiger partial charge in [0.25, 0.3) is 5.91 Å². The molecule has 8 rings (SSSR count). The summed E-state index contributed by atoms with van der Waals surface area (Å²) in [5.41, 5.74) is 3.97. The summed E-state index contributed by atoms with van der Waals surface area (Å²) in [6.07, 6.45) is 1.81. The average Bonchev–Trinajstić information content (AvgIpc) is 3.87. The van der Waals surface area contributed by atoms with Crippen LogP contribution in [0.1, 0.15) is 71.2 Å². The maximum absolute atomic E-state index is 14.7. The predicted octanol–water partition coefficient (Wildman–Crippen LogP) is 5.92. The highest BCUT2D eigenvalue weighted by Gasteiger charge is 2.61. The number of hydrogen-bond donors (Lipinski definition) is 4. The highest BCUT2D eigenvalue weighted by atomic mass is 79.9. The van der Waals surface area contributed by atoms with Crippen molar-refractivity contribution in [2.75, 3.05) is 12.4 Å². The molecule has 2 unspecified atom stereocenters. The van der Waals surface area contributed by atoms with Crippen molar-refractivity contribution in [3.05, 3.63) is 111 Å². The van der Waals surface area contributed by atoms with Crippen LogP contribution in [-0.2, 0) is 32.6 Å². The molecule has 3 aliphatic rings. The Morgan fingerprint density at radius 3 is 2.72 bits per heavy atom. The summed E-state index contributed by atoms with van der Waals surface area (Å²) in [5.74, 6) is -0.799. The zero-order valence-corrected chi connectivity index (χ0v) is 29.5. The van der Waals surface area contributed by atoms with Crippen LogP contribution >= 0.6 is 15.9 Å². The molecule has 0 aliphatic carbocycles. The molecule has 0 fully saturated rings. The van der Waals surface area contributed by atoms with Crippen LogP contribution in [0, 0.1) is 11.8 Å². The fourth-order valence-electron chi connectivity index (χ4n) is 7.62. The summed E-state index contributed by atoms with van der Waals surface area (Å²) in [7, 11) is 1.29. The lowest BCUT2D eigenvalue weighted by molar-refractivity contribution is -0.142. The summed E-state index contributed by atoms with van der Waals surface area (Å²) in [6, 6.07) is 17.8. The molecule has 0 saturated heterocycles. The fraction of sp³-hybridized carbons (Fsp3) is 0.316. The van der Waals surface area contributed by atoms with Gasteiger partial charge in [-0.05, 0) is 57.6 Å². The van der Waals surface area contributed by atoms with Crippen LogP contribution in [0.25, 0.3) is 10.9 Å². The molecule has 3 aliphatic heterocycles. The standard InChI is InChI=1S/C38H36BrN5O6/c1-18(2)29-35-43-31(34(46)41-27(36(47)48-4)16-21-17-40-26-11-6-5-8-22(21)26)32(50-35)38-23-9-7-10-25(39)30(23)44-37(38)49-28-13-12-20(15-24(28)38)14-19(3)33(45)42-29/h5-13,15,17-19,27,29,37,40,44H,14,16H2,1-4H3,(H,41,46)(H,42,45)/t19?,27-,29-,37-,38?/m0/s1. The summed E-state index contributed by atoms with van der Waals surface area (Å²) in [6.45, 7) is 5.82. The fourth-order valence-corrected chi connectivity index (χ4v) is 8.10. The molecule has 2 aromatic heterocycles. The second-order valence-electron chi connectivity index (χ2n) is 13.6. The van der Waals surface area contributed by atoms with E-state index in [-0.39, 0.29) is 41.5 Å². The SMILES string of the molecule is COC(=O)[C@H](Cc1c[nH]c2ccccc12)NC(=O)c1nc2oc1C13c4cc(ccc4O[C@@H]1Nc1c(Br)cccc13)CC(C)C(=O)N[C@H]2C(C)C. The lowest BCUT2D eigenvalue weighted by Crippen LogP contribution is -2.45. The van der Waals surface area contributed by atoms with Crippen molar-refractivity contribution in [1.82, 2.24) is 20.6 Å². The zero-order valence-electron chi connectivity index (χ0n) is 27.9. The second kappa shape index (κ2) is 12.0. The molecule has 0 radical (unpaired) electrons. The third-order valence-electron chi connectivity index (χ3n) is 10.1. The molecule has 50 heavy (non-hydrogen) atoms. The van der Waals surface area contributed by atoms with Gasteiger partial charge in [-0.25, -0.2) is 9.78 Å². The molecule has 256 valence electrons. The monoisotopic (exact) mass is 737 g/mol. The van der Waals surface area contributed by atoms with Crippen molar-refractivity contribution in [3.63, 3.8) is 0 Å².